The molecule has 0 radical (unpaired) electrons. The predicted molar refractivity (Wildman–Crippen MR) is 125 cm³/mol. The number of hydrogen-bond acceptors (Lipinski definition) is 4. The summed E-state index contributed by atoms with van der Waals surface area (Å²) in [6.07, 6.45) is 13.7. The molecule has 3 fully saturated rings. The first-order valence-corrected chi connectivity index (χ1v) is 12.4. The Labute approximate surface area is 188 Å². The van der Waals surface area contributed by atoms with Crippen LogP contribution < -0.4 is 0 Å². The third kappa shape index (κ3) is 5.71. The highest BCUT2D eigenvalue weighted by atomic mass is 16.5. The third-order valence-corrected chi connectivity index (χ3v) is 8.81. The minimum absolute atomic E-state index is 0.0533. The summed E-state index contributed by atoms with van der Waals surface area (Å²) in [4.78, 5) is 0. The summed E-state index contributed by atoms with van der Waals surface area (Å²) in [5, 5.41) is 38.7. The molecule has 3 aliphatic carbocycles. The lowest BCUT2D eigenvalue weighted by Crippen LogP contribution is -2.36. The van der Waals surface area contributed by atoms with Crippen molar-refractivity contribution in [2.75, 3.05) is 0 Å². The molecule has 0 aromatic rings. The van der Waals surface area contributed by atoms with Gasteiger partial charge in [0, 0.05) is 18.8 Å². The SMILES string of the molecule is C=C1CCC(O)(O)C/C1=C/C=C1\CCC[C@]2(C)[C@@H]([C@H](C)CCCC(C)C(O)O)CC[C@@H]12. The minimum atomic E-state index is -1.59. The molecule has 0 aliphatic heterocycles. The first-order valence-electron chi connectivity index (χ1n) is 12.4. The maximum atomic E-state index is 10.0. The number of hydrogen-bond donors (Lipinski definition) is 4. The average Bonchev–Trinajstić information content (AvgIpc) is 3.06. The van der Waals surface area contributed by atoms with Gasteiger partial charge in [0.1, 0.15) is 0 Å². The summed E-state index contributed by atoms with van der Waals surface area (Å²) in [5.74, 6) is 0.342. The summed E-state index contributed by atoms with van der Waals surface area (Å²) in [7, 11) is 0. The van der Waals surface area contributed by atoms with Crippen molar-refractivity contribution in [3.05, 3.63) is 35.5 Å². The first kappa shape index (κ1) is 24.7. The fourth-order valence-corrected chi connectivity index (χ4v) is 6.74. The van der Waals surface area contributed by atoms with Gasteiger partial charge in [-0.1, -0.05) is 63.5 Å². The molecule has 0 aromatic carbocycles. The van der Waals surface area contributed by atoms with Gasteiger partial charge in [-0.15, -0.1) is 0 Å². The molecule has 0 amide bonds. The molecule has 3 aliphatic rings. The zero-order valence-electron chi connectivity index (χ0n) is 19.8. The van der Waals surface area contributed by atoms with Crippen molar-refractivity contribution in [2.24, 2.45) is 29.1 Å². The monoisotopic (exact) mass is 432 g/mol. The highest BCUT2D eigenvalue weighted by Gasteiger charge is 2.50. The standard InChI is InChI=1S/C27H44O4/c1-18-14-16-27(30,31)17-22(18)11-10-21-9-6-15-26(4)23(12-13-24(21)26)19(2)7-5-8-20(3)25(28)29/h10-11,19-20,23-25,28-31H,1,5-9,12-17H2,2-4H3/b21-10+,22-11-/t19-,20?,23-,24+,26-/m1/s1. The molecular formula is C27H44O4. The van der Waals surface area contributed by atoms with E-state index in [4.69, 9.17) is 0 Å². The second kappa shape index (κ2) is 9.91. The number of aliphatic hydroxyl groups excluding tert-OH is 1. The van der Waals surface area contributed by atoms with Gasteiger partial charge in [-0.2, -0.15) is 0 Å². The lowest BCUT2D eigenvalue weighted by Gasteiger charge is -2.44. The van der Waals surface area contributed by atoms with Crippen LogP contribution in [0.25, 0.3) is 0 Å². The average molecular weight is 433 g/mol. The maximum absolute atomic E-state index is 10.0. The third-order valence-electron chi connectivity index (χ3n) is 8.81. The van der Waals surface area contributed by atoms with Crippen LogP contribution in [0.1, 0.15) is 91.4 Å². The van der Waals surface area contributed by atoms with Crippen molar-refractivity contribution in [1.29, 1.82) is 0 Å². The number of fused-ring (bicyclic) bond motifs is 1. The molecule has 4 heteroatoms. The van der Waals surface area contributed by atoms with Crippen molar-refractivity contribution < 1.29 is 20.4 Å². The highest BCUT2D eigenvalue weighted by Crippen LogP contribution is 2.60. The lowest BCUT2D eigenvalue weighted by molar-refractivity contribution is -0.166. The second-order valence-electron chi connectivity index (χ2n) is 11.1. The van der Waals surface area contributed by atoms with Crippen LogP contribution in [-0.4, -0.2) is 32.5 Å². The van der Waals surface area contributed by atoms with Crippen molar-refractivity contribution in [3.63, 3.8) is 0 Å². The molecule has 0 saturated heterocycles. The van der Waals surface area contributed by atoms with E-state index in [0.717, 1.165) is 42.7 Å². The number of aliphatic hydroxyl groups is 4. The smallest absolute Gasteiger partial charge is 0.166 e. The molecule has 0 spiro atoms. The first-order chi connectivity index (χ1) is 14.5. The molecule has 4 nitrogen and oxygen atoms in total. The van der Waals surface area contributed by atoms with E-state index < -0.39 is 12.1 Å². The van der Waals surface area contributed by atoms with E-state index in [1.54, 1.807) is 0 Å². The van der Waals surface area contributed by atoms with E-state index >= 15 is 0 Å². The molecule has 0 heterocycles. The maximum Gasteiger partial charge on any atom is 0.166 e. The van der Waals surface area contributed by atoms with Crippen LogP contribution in [0, 0.1) is 29.1 Å². The normalized spacial score (nSPS) is 35.5. The Balaban J connectivity index is 1.67. The summed E-state index contributed by atoms with van der Waals surface area (Å²) in [6, 6.07) is 0. The Hall–Kier alpha value is -0.940. The molecule has 31 heavy (non-hydrogen) atoms. The fraction of sp³-hybridized carbons (Fsp3) is 0.778. The van der Waals surface area contributed by atoms with E-state index in [1.165, 1.54) is 31.3 Å². The van der Waals surface area contributed by atoms with E-state index in [9.17, 15) is 20.4 Å². The van der Waals surface area contributed by atoms with Crippen LogP contribution in [-0.2, 0) is 0 Å². The molecule has 4 N–H and O–H groups in total. The molecule has 5 atom stereocenters. The second-order valence-corrected chi connectivity index (χ2v) is 11.1. The Morgan fingerprint density at radius 2 is 1.81 bits per heavy atom. The van der Waals surface area contributed by atoms with Gasteiger partial charge in [-0.05, 0) is 73.7 Å². The van der Waals surface area contributed by atoms with Crippen LogP contribution in [0.5, 0.6) is 0 Å². The van der Waals surface area contributed by atoms with Gasteiger partial charge < -0.3 is 20.4 Å². The van der Waals surface area contributed by atoms with Crippen LogP contribution in [0.15, 0.2) is 35.5 Å². The number of allylic oxidation sites excluding steroid dienone is 4. The van der Waals surface area contributed by atoms with Crippen LogP contribution in [0.4, 0.5) is 0 Å². The van der Waals surface area contributed by atoms with E-state index in [1.807, 2.05) is 6.92 Å². The molecular weight excluding hydrogens is 388 g/mol. The van der Waals surface area contributed by atoms with E-state index in [2.05, 4.69) is 32.6 Å². The Morgan fingerprint density at radius 1 is 1.06 bits per heavy atom. The molecule has 176 valence electrons. The van der Waals surface area contributed by atoms with E-state index in [0.29, 0.717) is 30.1 Å². The van der Waals surface area contributed by atoms with Gasteiger partial charge in [0.25, 0.3) is 0 Å². The van der Waals surface area contributed by atoms with Gasteiger partial charge in [-0.25, -0.2) is 0 Å². The Bertz CT molecular complexity index is 704. The van der Waals surface area contributed by atoms with Crippen LogP contribution in [0.2, 0.25) is 0 Å². The predicted octanol–water partition coefficient (Wildman–Crippen LogP) is 5.23. The van der Waals surface area contributed by atoms with Crippen molar-refractivity contribution in [1.82, 2.24) is 0 Å². The molecule has 3 saturated carbocycles. The van der Waals surface area contributed by atoms with Crippen molar-refractivity contribution >= 4 is 0 Å². The highest BCUT2D eigenvalue weighted by molar-refractivity contribution is 5.36. The largest absolute Gasteiger partial charge is 0.368 e. The zero-order valence-corrected chi connectivity index (χ0v) is 19.8. The van der Waals surface area contributed by atoms with Gasteiger partial charge in [0.05, 0.1) is 0 Å². The number of rotatable bonds is 7. The van der Waals surface area contributed by atoms with Gasteiger partial charge in [-0.3, -0.25) is 0 Å². The molecule has 0 bridgehead atoms. The Morgan fingerprint density at radius 3 is 2.52 bits per heavy atom. The van der Waals surface area contributed by atoms with Gasteiger partial charge >= 0.3 is 0 Å². The molecule has 3 rings (SSSR count). The Kier molecular flexibility index (Phi) is 7.89. The van der Waals surface area contributed by atoms with Crippen molar-refractivity contribution in [2.45, 2.75) is 103 Å². The van der Waals surface area contributed by atoms with Gasteiger partial charge in [0.15, 0.2) is 12.1 Å². The quantitative estimate of drug-likeness (QED) is 0.415. The summed E-state index contributed by atoms with van der Waals surface area (Å²) < 4.78 is 0. The molecule has 0 aromatic heterocycles. The minimum Gasteiger partial charge on any atom is -0.368 e. The van der Waals surface area contributed by atoms with Crippen molar-refractivity contribution in [3.8, 4) is 0 Å². The fourth-order valence-electron chi connectivity index (χ4n) is 6.74. The van der Waals surface area contributed by atoms with Crippen LogP contribution >= 0.6 is 0 Å². The summed E-state index contributed by atoms with van der Waals surface area (Å²) in [5.41, 5.74) is 3.90. The topological polar surface area (TPSA) is 80.9 Å². The molecule has 1 unspecified atom stereocenters. The summed E-state index contributed by atoms with van der Waals surface area (Å²) >= 11 is 0. The zero-order chi connectivity index (χ0) is 22.8. The van der Waals surface area contributed by atoms with Gasteiger partial charge in [0.2, 0.25) is 0 Å². The van der Waals surface area contributed by atoms with Crippen LogP contribution in [0.3, 0.4) is 0 Å². The lowest BCUT2D eigenvalue weighted by atomic mass is 9.60. The van der Waals surface area contributed by atoms with E-state index in [-0.39, 0.29) is 12.3 Å². The summed E-state index contributed by atoms with van der Waals surface area (Å²) in [6.45, 7) is 10.9.